The van der Waals surface area contributed by atoms with Gasteiger partial charge in [0.25, 0.3) is 5.56 Å². The van der Waals surface area contributed by atoms with Gasteiger partial charge in [-0.1, -0.05) is 0 Å². The second-order valence-electron chi connectivity index (χ2n) is 2.84. The summed E-state index contributed by atoms with van der Waals surface area (Å²) in [6, 6.07) is 0.328. The molecule has 9 heteroatoms. The summed E-state index contributed by atoms with van der Waals surface area (Å²) in [7, 11) is 0. The minimum Gasteiger partial charge on any atom is -0.477 e. The smallest absolute Gasteiger partial charge is 0.477 e. The van der Waals surface area contributed by atoms with E-state index >= 15 is 0 Å². The molecule has 0 bridgehead atoms. The van der Waals surface area contributed by atoms with Crippen LogP contribution in [0.2, 0.25) is 0 Å². The first kappa shape index (κ1) is 13.0. The number of aromatic amines is 1. The van der Waals surface area contributed by atoms with Crippen LogP contribution in [-0.4, -0.2) is 22.4 Å². The van der Waals surface area contributed by atoms with Gasteiger partial charge in [0.05, 0.1) is 5.56 Å². The highest BCUT2D eigenvalue weighted by Gasteiger charge is 2.33. The third-order valence-corrected chi connectivity index (χ3v) is 1.68. The van der Waals surface area contributed by atoms with Crippen LogP contribution in [0.4, 0.5) is 17.6 Å². The zero-order chi connectivity index (χ0) is 13.2. The third-order valence-electron chi connectivity index (χ3n) is 1.68. The Morgan fingerprint density at radius 2 is 2.06 bits per heavy atom. The van der Waals surface area contributed by atoms with Crippen LogP contribution in [0.3, 0.4) is 0 Å². The van der Waals surface area contributed by atoms with Gasteiger partial charge in [0.1, 0.15) is 18.1 Å². The summed E-state index contributed by atoms with van der Waals surface area (Å²) in [5, 5.41) is 8.57. The number of rotatable bonds is 3. The third kappa shape index (κ3) is 3.20. The van der Waals surface area contributed by atoms with Crippen molar-refractivity contribution in [1.29, 1.82) is 0 Å². The van der Waals surface area contributed by atoms with E-state index in [9.17, 15) is 27.2 Å². The minimum atomic E-state index is -5.15. The molecule has 0 aromatic carbocycles. The van der Waals surface area contributed by atoms with E-state index in [1.165, 1.54) is 0 Å². The number of pyridine rings is 1. The first-order chi connectivity index (χ1) is 7.74. The fourth-order valence-corrected chi connectivity index (χ4v) is 1.10. The Morgan fingerprint density at radius 1 is 1.47 bits per heavy atom. The van der Waals surface area contributed by atoms with Crippen LogP contribution in [0.25, 0.3) is 0 Å². The first-order valence-electron chi connectivity index (χ1n) is 4.06. The zero-order valence-corrected chi connectivity index (χ0v) is 7.97. The van der Waals surface area contributed by atoms with Gasteiger partial charge in [-0.25, -0.2) is 9.18 Å². The zero-order valence-electron chi connectivity index (χ0n) is 7.97. The molecule has 0 atom stereocenters. The molecule has 0 unspecified atom stereocenters. The van der Waals surface area contributed by atoms with Gasteiger partial charge < -0.3 is 14.8 Å². The highest BCUT2D eigenvalue weighted by Crippen LogP contribution is 2.27. The normalized spacial score (nSPS) is 11.3. The quantitative estimate of drug-likeness (QED) is 0.801. The van der Waals surface area contributed by atoms with E-state index in [2.05, 4.69) is 4.74 Å². The van der Waals surface area contributed by atoms with Crippen molar-refractivity contribution in [3.8, 4) is 5.75 Å². The van der Waals surface area contributed by atoms with Crippen LogP contribution in [0.1, 0.15) is 16.1 Å². The van der Waals surface area contributed by atoms with Crippen LogP contribution in [0, 0.1) is 0 Å². The number of carbonyl (C=O) groups is 1. The maximum Gasteiger partial charge on any atom is 0.573 e. The van der Waals surface area contributed by atoms with Crippen LogP contribution in [0.15, 0.2) is 10.9 Å². The Labute approximate surface area is 90.6 Å². The van der Waals surface area contributed by atoms with Crippen molar-refractivity contribution < 1.29 is 32.2 Å². The van der Waals surface area contributed by atoms with Crippen LogP contribution in [0.5, 0.6) is 5.75 Å². The van der Waals surface area contributed by atoms with Crippen molar-refractivity contribution >= 4 is 5.97 Å². The summed E-state index contributed by atoms with van der Waals surface area (Å²) in [6.45, 7) is -1.52. The molecule has 0 radical (unpaired) electrons. The molecule has 0 aliphatic rings. The molecule has 94 valence electrons. The summed E-state index contributed by atoms with van der Waals surface area (Å²) in [5.41, 5.74) is -2.99. The monoisotopic (exact) mass is 255 g/mol. The minimum absolute atomic E-state index is 0.328. The van der Waals surface area contributed by atoms with E-state index in [1.54, 1.807) is 4.98 Å². The Bertz CT molecular complexity index is 493. The van der Waals surface area contributed by atoms with Crippen molar-refractivity contribution in [1.82, 2.24) is 4.98 Å². The lowest BCUT2D eigenvalue weighted by Crippen LogP contribution is -2.22. The average molecular weight is 255 g/mol. The number of alkyl halides is 4. The molecule has 5 nitrogen and oxygen atoms in total. The molecule has 1 aromatic rings. The SMILES string of the molecule is O=C(O)c1[nH]c(=O)cc(OC(F)(F)F)c1CF. The fraction of sp³-hybridized carbons (Fsp3) is 0.250. The standard InChI is InChI=1S/C8H5F4NO4/c9-2-3-4(17-8(10,11)12)1-5(14)13-6(3)7(15)16/h1H,2H2,(H,13,14)(H,15,16). The van der Waals surface area contributed by atoms with Gasteiger partial charge in [-0.15, -0.1) is 13.2 Å². The average Bonchev–Trinajstić information content (AvgIpc) is 2.14. The number of halogens is 4. The second-order valence-corrected chi connectivity index (χ2v) is 2.84. The van der Waals surface area contributed by atoms with Crippen LogP contribution < -0.4 is 10.3 Å². The van der Waals surface area contributed by atoms with Crippen molar-refractivity contribution in [2.75, 3.05) is 0 Å². The summed E-state index contributed by atoms with van der Waals surface area (Å²) >= 11 is 0. The van der Waals surface area contributed by atoms with Crippen LogP contribution >= 0.6 is 0 Å². The highest BCUT2D eigenvalue weighted by atomic mass is 19.4. The van der Waals surface area contributed by atoms with E-state index in [-0.39, 0.29) is 0 Å². The van der Waals surface area contributed by atoms with Crippen molar-refractivity contribution in [2.24, 2.45) is 0 Å². The van der Waals surface area contributed by atoms with E-state index < -0.39 is 41.6 Å². The lowest BCUT2D eigenvalue weighted by molar-refractivity contribution is -0.275. The number of carboxylic acids is 1. The number of aromatic carboxylic acids is 1. The number of carboxylic acid groups (broad SMARTS) is 1. The summed E-state index contributed by atoms with van der Waals surface area (Å²) in [5.74, 6) is -2.93. The van der Waals surface area contributed by atoms with E-state index in [1.807, 2.05) is 0 Å². The molecule has 17 heavy (non-hydrogen) atoms. The van der Waals surface area contributed by atoms with Crippen molar-refractivity contribution in [2.45, 2.75) is 13.0 Å². The summed E-state index contributed by atoms with van der Waals surface area (Å²) in [6.07, 6.45) is -5.15. The van der Waals surface area contributed by atoms with Gasteiger partial charge in [-0.05, 0) is 0 Å². The number of ether oxygens (including phenoxy) is 1. The number of H-pyrrole nitrogens is 1. The number of aromatic nitrogens is 1. The van der Waals surface area contributed by atoms with Crippen molar-refractivity contribution in [3.63, 3.8) is 0 Å². The van der Waals surface area contributed by atoms with Gasteiger partial charge in [-0.3, -0.25) is 4.79 Å². The van der Waals surface area contributed by atoms with Gasteiger partial charge in [-0.2, -0.15) is 0 Å². The molecule has 0 spiro atoms. The predicted octanol–water partition coefficient (Wildman–Crippen LogP) is 1.44. The topological polar surface area (TPSA) is 79.4 Å². The Kier molecular flexibility index (Phi) is 3.39. The lowest BCUT2D eigenvalue weighted by atomic mass is 10.2. The molecule has 0 aliphatic heterocycles. The Balaban J connectivity index is 3.38. The molecular formula is C8H5F4NO4. The molecule has 1 rings (SSSR count). The van der Waals surface area contributed by atoms with Crippen molar-refractivity contribution in [3.05, 3.63) is 27.7 Å². The van der Waals surface area contributed by atoms with Gasteiger partial charge in [0, 0.05) is 6.07 Å². The van der Waals surface area contributed by atoms with Gasteiger partial charge in [0.15, 0.2) is 0 Å². The Hall–Kier alpha value is -2.06. The van der Waals surface area contributed by atoms with Gasteiger partial charge >= 0.3 is 12.3 Å². The molecule has 1 aromatic heterocycles. The van der Waals surface area contributed by atoms with E-state index in [4.69, 9.17) is 5.11 Å². The second kappa shape index (κ2) is 4.44. The molecule has 0 amide bonds. The molecule has 0 aliphatic carbocycles. The number of nitrogens with one attached hydrogen (secondary N) is 1. The summed E-state index contributed by atoms with van der Waals surface area (Å²) < 4.78 is 51.6. The number of hydrogen-bond donors (Lipinski definition) is 2. The Morgan fingerprint density at radius 3 is 2.47 bits per heavy atom. The highest BCUT2D eigenvalue weighted by molar-refractivity contribution is 5.87. The lowest BCUT2D eigenvalue weighted by Gasteiger charge is -2.12. The maximum atomic E-state index is 12.5. The van der Waals surface area contributed by atoms with Crippen LogP contribution in [-0.2, 0) is 6.67 Å². The van der Waals surface area contributed by atoms with Gasteiger partial charge in [0.2, 0.25) is 0 Å². The number of hydrogen-bond acceptors (Lipinski definition) is 3. The molecule has 2 N–H and O–H groups in total. The largest absolute Gasteiger partial charge is 0.573 e. The predicted molar refractivity (Wildman–Crippen MR) is 45.5 cm³/mol. The first-order valence-corrected chi connectivity index (χ1v) is 4.06. The van der Waals surface area contributed by atoms with E-state index in [0.29, 0.717) is 6.07 Å². The molecule has 0 saturated carbocycles. The summed E-state index contributed by atoms with van der Waals surface area (Å²) in [4.78, 5) is 23.2. The van der Waals surface area contributed by atoms with E-state index in [0.717, 1.165) is 0 Å². The maximum absolute atomic E-state index is 12.5. The molecule has 0 saturated heterocycles. The molecular weight excluding hydrogens is 250 g/mol. The molecule has 1 heterocycles. The fourth-order valence-electron chi connectivity index (χ4n) is 1.10. The molecule has 0 fully saturated rings.